The van der Waals surface area contributed by atoms with Crippen LogP contribution >= 0.6 is 11.3 Å². The molecule has 0 aliphatic carbocycles. The van der Waals surface area contributed by atoms with E-state index in [1.165, 1.54) is 21.3 Å². The average molecular weight is 395 g/mol. The molecule has 138 valence electrons. The van der Waals surface area contributed by atoms with Gasteiger partial charge in [0.2, 0.25) is 0 Å². The molecule has 1 amide bonds. The molecule has 1 aliphatic rings. The van der Waals surface area contributed by atoms with Crippen molar-refractivity contribution in [3.05, 3.63) is 57.0 Å². The van der Waals surface area contributed by atoms with Gasteiger partial charge in [-0.15, -0.1) is 11.3 Å². The highest BCUT2D eigenvalue weighted by molar-refractivity contribution is 7.91. The number of piperazine rings is 1. The van der Waals surface area contributed by atoms with Crippen molar-refractivity contribution in [2.24, 2.45) is 0 Å². The van der Waals surface area contributed by atoms with E-state index in [-0.39, 0.29) is 47.5 Å². The zero-order valence-corrected chi connectivity index (χ0v) is 15.6. The van der Waals surface area contributed by atoms with Crippen molar-refractivity contribution in [2.75, 3.05) is 26.2 Å². The fraction of sp³-hybridized carbons (Fsp3) is 0.312. The summed E-state index contributed by atoms with van der Waals surface area (Å²) in [6.07, 6.45) is 0. The van der Waals surface area contributed by atoms with Gasteiger partial charge < -0.3 is 4.90 Å². The van der Waals surface area contributed by atoms with Crippen molar-refractivity contribution in [1.29, 1.82) is 0 Å². The molecule has 26 heavy (non-hydrogen) atoms. The molecule has 0 unspecified atom stereocenters. The number of benzene rings is 1. The van der Waals surface area contributed by atoms with E-state index in [0.717, 1.165) is 11.3 Å². The van der Waals surface area contributed by atoms with E-state index in [9.17, 15) is 23.3 Å². The summed E-state index contributed by atoms with van der Waals surface area (Å²) in [4.78, 5) is 24.8. The molecule has 1 saturated heterocycles. The Morgan fingerprint density at radius 2 is 1.85 bits per heavy atom. The van der Waals surface area contributed by atoms with Gasteiger partial charge in [-0.2, -0.15) is 4.31 Å². The number of nitro groups is 1. The van der Waals surface area contributed by atoms with Crippen LogP contribution in [0.2, 0.25) is 0 Å². The van der Waals surface area contributed by atoms with E-state index in [4.69, 9.17) is 0 Å². The zero-order chi connectivity index (χ0) is 18.9. The van der Waals surface area contributed by atoms with Gasteiger partial charge in [0, 0.05) is 43.4 Å². The number of hydrogen-bond acceptors (Lipinski definition) is 6. The van der Waals surface area contributed by atoms with Crippen LogP contribution in [0.25, 0.3) is 0 Å². The quantitative estimate of drug-likeness (QED) is 0.583. The maximum absolute atomic E-state index is 12.7. The van der Waals surface area contributed by atoms with E-state index in [0.29, 0.717) is 5.56 Å². The van der Waals surface area contributed by atoms with Gasteiger partial charge in [-0.1, -0.05) is 12.1 Å². The highest BCUT2D eigenvalue weighted by Gasteiger charge is 2.31. The first-order valence-electron chi connectivity index (χ1n) is 7.89. The van der Waals surface area contributed by atoms with Gasteiger partial charge in [-0.3, -0.25) is 14.9 Å². The van der Waals surface area contributed by atoms with Crippen LogP contribution in [0.5, 0.6) is 0 Å². The summed E-state index contributed by atoms with van der Waals surface area (Å²) in [5.74, 6) is -0.320. The minimum absolute atomic E-state index is 0.102. The number of hydrogen-bond donors (Lipinski definition) is 0. The van der Waals surface area contributed by atoms with Crippen molar-refractivity contribution in [3.63, 3.8) is 0 Å². The van der Waals surface area contributed by atoms with Crippen LogP contribution in [0.15, 0.2) is 39.9 Å². The van der Waals surface area contributed by atoms with Crippen molar-refractivity contribution in [2.45, 2.75) is 11.1 Å². The van der Waals surface area contributed by atoms with Gasteiger partial charge in [0.25, 0.3) is 21.6 Å². The maximum Gasteiger partial charge on any atom is 0.273 e. The van der Waals surface area contributed by atoms with Gasteiger partial charge in [0.1, 0.15) is 4.21 Å². The molecule has 10 heteroatoms. The lowest BCUT2D eigenvalue weighted by atomic mass is 10.1. The van der Waals surface area contributed by atoms with Crippen LogP contribution in [0.1, 0.15) is 15.9 Å². The molecular weight excluding hydrogens is 378 g/mol. The van der Waals surface area contributed by atoms with E-state index < -0.39 is 14.9 Å². The molecule has 1 aliphatic heterocycles. The van der Waals surface area contributed by atoms with Crippen molar-refractivity contribution < 1.29 is 18.1 Å². The Balaban J connectivity index is 1.74. The van der Waals surface area contributed by atoms with Crippen LogP contribution in [0.3, 0.4) is 0 Å². The predicted molar refractivity (Wildman–Crippen MR) is 96.8 cm³/mol. The third kappa shape index (κ3) is 3.35. The van der Waals surface area contributed by atoms with E-state index in [1.54, 1.807) is 30.5 Å². The van der Waals surface area contributed by atoms with Crippen molar-refractivity contribution in [3.8, 4) is 0 Å². The van der Waals surface area contributed by atoms with E-state index in [1.807, 2.05) is 0 Å². The van der Waals surface area contributed by atoms with Crippen molar-refractivity contribution >= 4 is 33.0 Å². The summed E-state index contributed by atoms with van der Waals surface area (Å²) < 4.78 is 26.7. The monoisotopic (exact) mass is 395 g/mol. The topological polar surface area (TPSA) is 101 Å². The molecule has 1 aromatic carbocycles. The molecule has 0 bridgehead atoms. The number of amides is 1. The van der Waals surface area contributed by atoms with Gasteiger partial charge in [-0.25, -0.2) is 8.42 Å². The second-order valence-corrected chi connectivity index (χ2v) is 8.95. The number of sulfonamides is 1. The van der Waals surface area contributed by atoms with Gasteiger partial charge in [0.05, 0.1) is 4.92 Å². The second-order valence-electron chi connectivity index (χ2n) is 5.84. The highest BCUT2D eigenvalue weighted by Crippen LogP contribution is 2.25. The Bertz CT molecular complexity index is 933. The normalized spacial score (nSPS) is 15.8. The number of nitrogens with zero attached hydrogens (tertiary/aromatic N) is 3. The Hall–Kier alpha value is -2.30. The minimum atomic E-state index is -3.53. The number of rotatable bonds is 4. The molecule has 0 spiro atoms. The SMILES string of the molecule is Cc1c(C(=O)N2CCN(S(=O)(=O)c3cccs3)CC2)cccc1[N+](=O)[O-]. The van der Waals surface area contributed by atoms with Crippen LogP contribution in [0, 0.1) is 17.0 Å². The van der Waals surface area contributed by atoms with Gasteiger partial charge >= 0.3 is 0 Å². The molecule has 1 fully saturated rings. The van der Waals surface area contributed by atoms with Gasteiger partial charge in [-0.05, 0) is 24.4 Å². The smallest absolute Gasteiger partial charge is 0.273 e. The third-order valence-corrected chi connectivity index (χ3v) is 7.62. The molecule has 0 N–H and O–H groups in total. The predicted octanol–water partition coefficient (Wildman–Crippen LogP) is 2.11. The average Bonchev–Trinajstić information content (AvgIpc) is 3.17. The third-order valence-electron chi connectivity index (χ3n) is 4.35. The fourth-order valence-electron chi connectivity index (χ4n) is 2.89. The molecule has 2 heterocycles. The van der Waals surface area contributed by atoms with Crippen LogP contribution in [0.4, 0.5) is 5.69 Å². The fourth-order valence-corrected chi connectivity index (χ4v) is 5.46. The molecule has 8 nitrogen and oxygen atoms in total. The summed E-state index contributed by atoms with van der Waals surface area (Å²) in [6.45, 7) is 2.42. The lowest BCUT2D eigenvalue weighted by molar-refractivity contribution is -0.385. The number of carbonyl (C=O) groups is 1. The van der Waals surface area contributed by atoms with Crippen LogP contribution < -0.4 is 0 Å². The summed E-state index contributed by atoms with van der Waals surface area (Å²) in [5.41, 5.74) is 0.486. The Morgan fingerprint density at radius 1 is 1.15 bits per heavy atom. The summed E-state index contributed by atoms with van der Waals surface area (Å²) in [7, 11) is -3.53. The summed E-state index contributed by atoms with van der Waals surface area (Å²) in [5, 5.41) is 12.8. The Morgan fingerprint density at radius 3 is 2.42 bits per heavy atom. The standard InChI is InChI=1S/C16H17N3O5S2/c1-12-13(4-2-5-14(12)19(21)22)16(20)17-7-9-18(10-8-17)26(23,24)15-6-3-11-25-15/h2-6,11H,7-10H2,1H3. The summed E-state index contributed by atoms with van der Waals surface area (Å²) >= 11 is 1.16. The summed E-state index contributed by atoms with van der Waals surface area (Å²) in [6, 6.07) is 7.64. The molecule has 0 radical (unpaired) electrons. The molecule has 0 atom stereocenters. The number of thiophene rings is 1. The van der Waals surface area contributed by atoms with Crippen molar-refractivity contribution in [1.82, 2.24) is 9.21 Å². The lowest BCUT2D eigenvalue weighted by Gasteiger charge is -2.34. The zero-order valence-electron chi connectivity index (χ0n) is 14.0. The highest BCUT2D eigenvalue weighted by atomic mass is 32.2. The number of nitro benzene ring substituents is 1. The van der Waals surface area contributed by atoms with Crippen LogP contribution in [-0.2, 0) is 10.0 Å². The molecule has 2 aromatic rings. The van der Waals surface area contributed by atoms with Gasteiger partial charge in [0.15, 0.2) is 0 Å². The Labute approximate surface area is 154 Å². The second kappa shape index (κ2) is 7.14. The lowest BCUT2D eigenvalue weighted by Crippen LogP contribution is -2.50. The van der Waals surface area contributed by atoms with E-state index in [2.05, 4.69) is 0 Å². The molecule has 1 aromatic heterocycles. The first-order valence-corrected chi connectivity index (χ1v) is 10.2. The maximum atomic E-state index is 12.7. The first kappa shape index (κ1) is 18.5. The largest absolute Gasteiger partial charge is 0.336 e. The Kier molecular flexibility index (Phi) is 5.08. The first-order chi connectivity index (χ1) is 12.3. The van der Waals surface area contributed by atoms with Crippen LogP contribution in [-0.4, -0.2) is 54.6 Å². The number of carbonyl (C=O) groups excluding carboxylic acids is 1. The molecular formula is C16H17N3O5S2. The van der Waals surface area contributed by atoms with E-state index >= 15 is 0 Å². The molecule has 3 rings (SSSR count). The minimum Gasteiger partial charge on any atom is -0.336 e. The molecule has 0 saturated carbocycles.